The van der Waals surface area contributed by atoms with Gasteiger partial charge in [-0.3, -0.25) is 0 Å². The molecule has 0 radical (unpaired) electrons. The van der Waals surface area contributed by atoms with Crippen LogP contribution in [-0.4, -0.2) is 17.5 Å². The highest BCUT2D eigenvalue weighted by Crippen LogP contribution is 2.16. The average molecular weight is 244 g/mol. The number of hydrogen-bond donors (Lipinski definition) is 1. The standard InChI is InChI=1S/C14H16N2O2/c1-12(15-17)10-16(11-14-8-5-9-18-14)13-6-3-2-4-7-13/h2-9,17H,10-11H2,1H3. The first-order valence-electron chi connectivity index (χ1n) is 5.79. The van der Waals surface area contributed by atoms with Gasteiger partial charge in [0.05, 0.1) is 25.1 Å². The Morgan fingerprint density at radius 3 is 2.61 bits per heavy atom. The Hall–Kier alpha value is -2.23. The lowest BCUT2D eigenvalue weighted by molar-refractivity contribution is 0.317. The predicted octanol–water partition coefficient (Wildman–Crippen LogP) is 3.14. The molecule has 0 amide bonds. The lowest BCUT2D eigenvalue weighted by Gasteiger charge is -2.23. The van der Waals surface area contributed by atoms with Crippen molar-refractivity contribution in [3.8, 4) is 0 Å². The van der Waals surface area contributed by atoms with Gasteiger partial charge >= 0.3 is 0 Å². The fourth-order valence-electron chi connectivity index (χ4n) is 1.78. The van der Waals surface area contributed by atoms with E-state index in [1.165, 1.54) is 0 Å². The zero-order valence-corrected chi connectivity index (χ0v) is 10.3. The lowest BCUT2D eigenvalue weighted by Crippen LogP contribution is -2.28. The Balaban J connectivity index is 2.18. The Morgan fingerprint density at radius 1 is 1.22 bits per heavy atom. The second-order valence-electron chi connectivity index (χ2n) is 4.11. The monoisotopic (exact) mass is 244 g/mol. The molecule has 1 N–H and O–H groups in total. The second-order valence-corrected chi connectivity index (χ2v) is 4.11. The van der Waals surface area contributed by atoms with E-state index < -0.39 is 0 Å². The molecule has 0 saturated carbocycles. The van der Waals surface area contributed by atoms with Gasteiger partial charge in [-0.25, -0.2) is 0 Å². The normalized spacial score (nSPS) is 11.5. The van der Waals surface area contributed by atoms with Gasteiger partial charge in [0.25, 0.3) is 0 Å². The van der Waals surface area contributed by atoms with Crippen molar-refractivity contribution in [2.75, 3.05) is 11.4 Å². The maximum Gasteiger partial charge on any atom is 0.123 e. The van der Waals surface area contributed by atoms with Crippen LogP contribution in [0.15, 0.2) is 58.3 Å². The van der Waals surface area contributed by atoms with Crippen LogP contribution >= 0.6 is 0 Å². The minimum atomic E-state index is 0.557. The molecular formula is C14H16N2O2. The summed E-state index contributed by atoms with van der Waals surface area (Å²) in [5, 5.41) is 12.0. The molecule has 0 aliphatic rings. The highest BCUT2D eigenvalue weighted by molar-refractivity contribution is 5.86. The number of furan rings is 1. The number of nitrogens with zero attached hydrogens (tertiary/aromatic N) is 2. The van der Waals surface area contributed by atoms with Crippen molar-refractivity contribution in [1.82, 2.24) is 0 Å². The molecule has 0 saturated heterocycles. The van der Waals surface area contributed by atoms with Gasteiger partial charge in [0.15, 0.2) is 0 Å². The van der Waals surface area contributed by atoms with E-state index in [1.807, 2.05) is 42.5 Å². The van der Waals surface area contributed by atoms with Crippen LogP contribution in [0.2, 0.25) is 0 Å². The Kier molecular flexibility index (Phi) is 4.02. The van der Waals surface area contributed by atoms with E-state index in [2.05, 4.69) is 10.1 Å². The summed E-state index contributed by atoms with van der Waals surface area (Å²) in [6, 6.07) is 13.8. The number of benzene rings is 1. The van der Waals surface area contributed by atoms with E-state index in [9.17, 15) is 0 Å². The number of para-hydroxylation sites is 1. The van der Waals surface area contributed by atoms with Crippen LogP contribution in [0.25, 0.3) is 0 Å². The first-order valence-corrected chi connectivity index (χ1v) is 5.79. The van der Waals surface area contributed by atoms with Crippen molar-refractivity contribution < 1.29 is 9.62 Å². The molecule has 0 bridgehead atoms. The van der Waals surface area contributed by atoms with Crippen molar-refractivity contribution in [2.45, 2.75) is 13.5 Å². The van der Waals surface area contributed by atoms with Crippen molar-refractivity contribution in [3.63, 3.8) is 0 Å². The smallest absolute Gasteiger partial charge is 0.123 e. The summed E-state index contributed by atoms with van der Waals surface area (Å²) in [5.74, 6) is 0.879. The minimum Gasteiger partial charge on any atom is -0.467 e. The molecule has 0 spiro atoms. The van der Waals surface area contributed by atoms with Crippen LogP contribution in [0.1, 0.15) is 12.7 Å². The van der Waals surface area contributed by atoms with Crippen molar-refractivity contribution in [1.29, 1.82) is 0 Å². The van der Waals surface area contributed by atoms with Crippen molar-refractivity contribution in [2.24, 2.45) is 5.16 Å². The third-order valence-electron chi connectivity index (χ3n) is 2.64. The fraction of sp³-hybridized carbons (Fsp3) is 0.214. The van der Waals surface area contributed by atoms with E-state index in [1.54, 1.807) is 13.2 Å². The van der Waals surface area contributed by atoms with E-state index >= 15 is 0 Å². The Labute approximate surface area is 106 Å². The predicted molar refractivity (Wildman–Crippen MR) is 71.1 cm³/mol. The molecule has 4 heteroatoms. The van der Waals surface area contributed by atoms with Gasteiger partial charge in [0.1, 0.15) is 5.76 Å². The van der Waals surface area contributed by atoms with Crippen LogP contribution in [0.4, 0.5) is 5.69 Å². The zero-order chi connectivity index (χ0) is 12.8. The van der Waals surface area contributed by atoms with Gasteiger partial charge < -0.3 is 14.5 Å². The largest absolute Gasteiger partial charge is 0.467 e. The van der Waals surface area contributed by atoms with E-state index in [0.29, 0.717) is 18.8 Å². The van der Waals surface area contributed by atoms with E-state index in [4.69, 9.17) is 9.62 Å². The first-order chi connectivity index (χ1) is 8.79. The average Bonchev–Trinajstić information content (AvgIpc) is 2.92. The Bertz CT molecular complexity index is 492. The molecule has 0 aliphatic carbocycles. The minimum absolute atomic E-state index is 0.557. The van der Waals surface area contributed by atoms with Crippen molar-refractivity contribution >= 4 is 11.4 Å². The van der Waals surface area contributed by atoms with Crippen LogP contribution in [0.5, 0.6) is 0 Å². The molecule has 1 aromatic heterocycles. The van der Waals surface area contributed by atoms with Crippen LogP contribution in [-0.2, 0) is 6.54 Å². The third-order valence-corrected chi connectivity index (χ3v) is 2.64. The molecule has 0 aliphatic heterocycles. The first kappa shape index (κ1) is 12.2. The molecule has 4 nitrogen and oxygen atoms in total. The molecule has 2 aromatic rings. The number of oxime groups is 1. The molecule has 18 heavy (non-hydrogen) atoms. The molecule has 2 rings (SSSR count). The summed E-state index contributed by atoms with van der Waals surface area (Å²) >= 11 is 0. The van der Waals surface area contributed by atoms with Gasteiger partial charge in [0.2, 0.25) is 0 Å². The molecule has 0 unspecified atom stereocenters. The molecular weight excluding hydrogens is 228 g/mol. The molecule has 0 atom stereocenters. The quantitative estimate of drug-likeness (QED) is 0.499. The molecule has 1 heterocycles. The number of anilines is 1. The van der Waals surface area contributed by atoms with Gasteiger partial charge in [-0.2, -0.15) is 0 Å². The highest BCUT2D eigenvalue weighted by Gasteiger charge is 2.10. The molecule has 0 fully saturated rings. The van der Waals surface area contributed by atoms with E-state index in [-0.39, 0.29) is 0 Å². The Morgan fingerprint density at radius 2 is 2.00 bits per heavy atom. The summed E-state index contributed by atoms with van der Waals surface area (Å²) in [5.41, 5.74) is 1.72. The summed E-state index contributed by atoms with van der Waals surface area (Å²) in [7, 11) is 0. The van der Waals surface area contributed by atoms with Crippen LogP contribution < -0.4 is 4.90 Å². The van der Waals surface area contributed by atoms with E-state index in [0.717, 1.165) is 11.4 Å². The maximum atomic E-state index is 8.79. The number of hydrogen-bond acceptors (Lipinski definition) is 4. The number of rotatable bonds is 5. The van der Waals surface area contributed by atoms with Gasteiger partial charge in [0, 0.05) is 5.69 Å². The SMILES string of the molecule is CC(CN(Cc1ccco1)c1ccccc1)=NO. The van der Waals surface area contributed by atoms with Gasteiger partial charge in [-0.05, 0) is 31.2 Å². The van der Waals surface area contributed by atoms with Gasteiger partial charge in [-0.15, -0.1) is 0 Å². The van der Waals surface area contributed by atoms with Crippen LogP contribution in [0.3, 0.4) is 0 Å². The summed E-state index contributed by atoms with van der Waals surface area (Å²) in [6.45, 7) is 2.99. The molecule has 1 aromatic carbocycles. The second kappa shape index (κ2) is 5.91. The summed E-state index contributed by atoms with van der Waals surface area (Å²) in [4.78, 5) is 2.09. The molecule has 94 valence electrons. The van der Waals surface area contributed by atoms with Crippen LogP contribution in [0, 0.1) is 0 Å². The zero-order valence-electron chi connectivity index (χ0n) is 10.3. The lowest BCUT2D eigenvalue weighted by atomic mass is 10.2. The highest BCUT2D eigenvalue weighted by atomic mass is 16.4. The fourth-order valence-corrected chi connectivity index (χ4v) is 1.78. The summed E-state index contributed by atoms with van der Waals surface area (Å²) < 4.78 is 5.36. The van der Waals surface area contributed by atoms with Crippen molar-refractivity contribution in [3.05, 3.63) is 54.5 Å². The topological polar surface area (TPSA) is 49.0 Å². The third kappa shape index (κ3) is 3.13. The summed E-state index contributed by atoms with van der Waals surface area (Å²) in [6.07, 6.45) is 1.66. The van der Waals surface area contributed by atoms with Gasteiger partial charge in [-0.1, -0.05) is 23.4 Å². The maximum absolute atomic E-state index is 8.79.